The Morgan fingerprint density at radius 2 is 2.13 bits per heavy atom. The van der Waals surface area contributed by atoms with Gasteiger partial charge in [0.15, 0.2) is 6.10 Å². The number of carbonyl (C=O) groups is 1. The third-order valence-corrected chi connectivity index (χ3v) is 2.02. The van der Waals surface area contributed by atoms with Crippen LogP contribution in [0.1, 0.15) is 12.5 Å². The normalized spacial score (nSPS) is 11.8. The zero-order valence-electron chi connectivity index (χ0n) is 8.77. The van der Waals surface area contributed by atoms with Crippen LogP contribution in [0.25, 0.3) is 0 Å². The van der Waals surface area contributed by atoms with Crippen LogP contribution in [0.5, 0.6) is 5.75 Å². The van der Waals surface area contributed by atoms with Crippen LogP contribution in [0.4, 0.5) is 0 Å². The fourth-order valence-electron chi connectivity index (χ4n) is 1.13. The van der Waals surface area contributed by atoms with Gasteiger partial charge in [0, 0.05) is 0 Å². The predicted molar refractivity (Wildman–Crippen MR) is 59.6 cm³/mol. The summed E-state index contributed by atoms with van der Waals surface area (Å²) in [4.78, 5) is 10.8. The first-order valence-corrected chi connectivity index (χ1v) is 4.79. The summed E-state index contributed by atoms with van der Waals surface area (Å²) in [6.07, 6.45) is 2.06. The Balaban J connectivity index is 2.64. The minimum atomic E-state index is -0.602. The summed E-state index contributed by atoms with van der Waals surface area (Å²) in [5, 5.41) is 0. The molecule has 1 aromatic rings. The minimum absolute atomic E-state index is 0.467. The molecule has 0 aliphatic rings. The summed E-state index contributed by atoms with van der Waals surface area (Å²) in [5.74, 6) is 0.180. The second-order valence-electron chi connectivity index (χ2n) is 3.30. The lowest BCUT2D eigenvalue weighted by molar-refractivity contribution is -0.123. The van der Waals surface area contributed by atoms with Crippen LogP contribution in [0.2, 0.25) is 0 Å². The van der Waals surface area contributed by atoms with E-state index in [0.717, 1.165) is 12.0 Å². The van der Waals surface area contributed by atoms with Gasteiger partial charge in [0.05, 0.1) is 0 Å². The van der Waals surface area contributed by atoms with E-state index in [2.05, 4.69) is 6.58 Å². The average Bonchev–Trinajstić information content (AvgIpc) is 2.21. The number of primary amides is 1. The lowest BCUT2D eigenvalue weighted by atomic mass is 10.1. The van der Waals surface area contributed by atoms with Gasteiger partial charge in [-0.2, -0.15) is 0 Å². The lowest BCUT2D eigenvalue weighted by Crippen LogP contribution is -2.30. The van der Waals surface area contributed by atoms with Crippen LogP contribution >= 0.6 is 0 Å². The SMILES string of the molecule is C=CCc1ccc(OC(C)C(N)=O)cc1. The number of nitrogens with two attached hydrogens (primary N) is 1. The fourth-order valence-corrected chi connectivity index (χ4v) is 1.13. The van der Waals surface area contributed by atoms with E-state index in [9.17, 15) is 4.79 Å². The number of benzene rings is 1. The van der Waals surface area contributed by atoms with Gasteiger partial charge < -0.3 is 10.5 Å². The van der Waals surface area contributed by atoms with Crippen LogP contribution in [0.3, 0.4) is 0 Å². The molecule has 3 nitrogen and oxygen atoms in total. The molecule has 1 unspecified atom stereocenters. The summed E-state index contributed by atoms with van der Waals surface area (Å²) >= 11 is 0. The minimum Gasteiger partial charge on any atom is -0.481 e. The molecule has 0 bridgehead atoms. The Labute approximate surface area is 89.5 Å². The molecule has 0 aliphatic heterocycles. The van der Waals surface area contributed by atoms with Crippen LogP contribution in [-0.4, -0.2) is 12.0 Å². The number of hydrogen-bond acceptors (Lipinski definition) is 2. The van der Waals surface area contributed by atoms with Crippen molar-refractivity contribution in [1.29, 1.82) is 0 Å². The molecule has 80 valence electrons. The summed E-state index contributed by atoms with van der Waals surface area (Å²) < 4.78 is 5.31. The lowest BCUT2D eigenvalue weighted by Gasteiger charge is -2.11. The van der Waals surface area contributed by atoms with Crippen LogP contribution < -0.4 is 10.5 Å². The molecule has 0 radical (unpaired) electrons. The van der Waals surface area contributed by atoms with E-state index >= 15 is 0 Å². The number of ether oxygens (including phenoxy) is 1. The third kappa shape index (κ3) is 3.46. The van der Waals surface area contributed by atoms with Gasteiger partial charge in [0.2, 0.25) is 0 Å². The summed E-state index contributed by atoms with van der Waals surface area (Å²) in [7, 11) is 0. The Kier molecular flexibility index (Phi) is 3.92. The molecule has 1 atom stereocenters. The molecule has 1 rings (SSSR count). The van der Waals surface area contributed by atoms with Crippen molar-refractivity contribution >= 4 is 5.91 Å². The molecule has 0 saturated heterocycles. The Morgan fingerprint density at radius 3 is 2.60 bits per heavy atom. The van der Waals surface area contributed by atoms with Crippen LogP contribution in [-0.2, 0) is 11.2 Å². The Bertz CT molecular complexity index is 343. The molecular formula is C12H15NO2. The highest BCUT2D eigenvalue weighted by molar-refractivity contribution is 5.78. The van der Waals surface area contributed by atoms with E-state index in [1.54, 1.807) is 6.92 Å². The maximum absolute atomic E-state index is 10.8. The summed E-state index contributed by atoms with van der Waals surface area (Å²) in [6.45, 7) is 5.28. The highest BCUT2D eigenvalue weighted by Crippen LogP contribution is 2.14. The van der Waals surface area contributed by atoms with Crippen molar-refractivity contribution in [2.75, 3.05) is 0 Å². The molecule has 0 spiro atoms. The van der Waals surface area contributed by atoms with Crippen LogP contribution in [0, 0.1) is 0 Å². The average molecular weight is 205 g/mol. The fraction of sp³-hybridized carbons (Fsp3) is 0.250. The molecule has 0 aliphatic carbocycles. The van der Waals surface area contributed by atoms with Crippen molar-refractivity contribution in [3.8, 4) is 5.75 Å². The third-order valence-electron chi connectivity index (χ3n) is 2.02. The first kappa shape index (κ1) is 11.3. The van der Waals surface area contributed by atoms with Gasteiger partial charge in [-0.3, -0.25) is 4.79 Å². The molecule has 15 heavy (non-hydrogen) atoms. The molecule has 0 saturated carbocycles. The molecule has 3 heteroatoms. The number of allylic oxidation sites excluding steroid dienone is 1. The Morgan fingerprint density at radius 1 is 1.53 bits per heavy atom. The highest BCUT2D eigenvalue weighted by Gasteiger charge is 2.09. The summed E-state index contributed by atoms with van der Waals surface area (Å²) in [6, 6.07) is 7.51. The van der Waals surface area contributed by atoms with Gasteiger partial charge in [0.1, 0.15) is 5.75 Å². The second kappa shape index (κ2) is 5.20. The number of rotatable bonds is 5. The standard InChI is InChI=1S/C12H15NO2/c1-3-4-10-5-7-11(8-6-10)15-9(2)12(13)14/h3,5-9H,1,4H2,2H3,(H2,13,14). The van der Waals surface area contributed by atoms with E-state index in [-0.39, 0.29) is 0 Å². The van der Waals surface area contributed by atoms with E-state index in [4.69, 9.17) is 10.5 Å². The molecule has 0 heterocycles. The number of carbonyl (C=O) groups excluding carboxylic acids is 1. The highest BCUT2D eigenvalue weighted by atomic mass is 16.5. The largest absolute Gasteiger partial charge is 0.481 e. The maximum atomic E-state index is 10.8. The van der Waals surface area contributed by atoms with Gasteiger partial charge in [-0.05, 0) is 31.0 Å². The van der Waals surface area contributed by atoms with Crippen molar-refractivity contribution < 1.29 is 9.53 Å². The van der Waals surface area contributed by atoms with Gasteiger partial charge in [0.25, 0.3) is 5.91 Å². The zero-order valence-corrected chi connectivity index (χ0v) is 8.77. The van der Waals surface area contributed by atoms with E-state index < -0.39 is 12.0 Å². The zero-order chi connectivity index (χ0) is 11.3. The van der Waals surface area contributed by atoms with Crippen LogP contribution in [0.15, 0.2) is 36.9 Å². The number of hydrogen-bond donors (Lipinski definition) is 1. The first-order chi connectivity index (χ1) is 7.13. The molecule has 0 aromatic heterocycles. The molecule has 1 aromatic carbocycles. The molecular weight excluding hydrogens is 190 g/mol. The predicted octanol–water partition coefficient (Wildman–Crippen LogP) is 1.67. The van der Waals surface area contributed by atoms with Crippen molar-refractivity contribution in [2.45, 2.75) is 19.4 Å². The van der Waals surface area contributed by atoms with Crippen molar-refractivity contribution in [1.82, 2.24) is 0 Å². The van der Waals surface area contributed by atoms with Gasteiger partial charge >= 0.3 is 0 Å². The van der Waals surface area contributed by atoms with Crippen molar-refractivity contribution in [2.24, 2.45) is 5.73 Å². The molecule has 2 N–H and O–H groups in total. The van der Waals surface area contributed by atoms with Gasteiger partial charge in [-0.15, -0.1) is 6.58 Å². The topological polar surface area (TPSA) is 52.3 Å². The van der Waals surface area contributed by atoms with Gasteiger partial charge in [-0.1, -0.05) is 18.2 Å². The van der Waals surface area contributed by atoms with Crippen molar-refractivity contribution in [3.05, 3.63) is 42.5 Å². The van der Waals surface area contributed by atoms with Crippen molar-refractivity contribution in [3.63, 3.8) is 0 Å². The second-order valence-corrected chi connectivity index (χ2v) is 3.30. The van der Waals surface area contributed by atoms with E-state index in [1.807, 2.05) is 30.3 Å². The molecule has 1 amide bonds. The Hall–Kier alpha value is -1.77. The van der Waals surface area contributed by atoms with E-state index in [0.29, 0.717) is 5.75 Å². The van der Waals surface area contributed by atoms with E-state index in [1.165, 1.54) is 0 Å². The molecule has 0 fully saturated rings. The smallest absolute Gasteiger partial charge is 0.258 e. The quantitative estimate of drug-likeness (QED) is 0.743. The first-order valence-electron chi connectivity index (χ1n) is 4.79. The number of amides is 1. The summed E-state index contributed by atoms with van der Waals surface area (Å²) in [5.41, 5.74) is 6.24. The maximum Gasteiger partial charge on any atom is 0.258 e. The monoisotopic (exact) mass is 205 g/mol. The van der Waals surface area contributed by atoms with Gasteiger partial charge in [-0.25, -0.2) is 0 Å².